The molecule has 3 nitrogen and oxygen atoms in total. The highest BCUT2D eigenvalue weighted by Gasteiger charge is 2.15. The maximum Gasteiger partial charge on any atom is 0.137 e. The van der Waals surface area contributed by atoms with Crippen molar-refractivity contribution in [3.63, 3.8) is 0 Å². The number of rotatable bonds is 4. The van der Waals surface area contributed by atoms with Crippen molar-refractivity contribution in [2.75, 3.05) is 14.2 Å². The molecule has 1 aromatic rings. The van der Waals surface area contributed by atoms with E-state index < -0.39 is 0 Å². The summed E-state index contributed by atoms with van der Waals surface area (Å²) in [4.78, 5) is 11.3. The molecule has 15 heavy (non-hydrogen) atoms. The highest BCUT2D eigenvalue weighted by atomic mass is 16.5. The van der Waals surface area contributed by atoms with Gasteiger partial charge in [-0.3, -0.25) is 4.79 Å². The summed E-state index contributed by atoms with van der Waals surface area (Å²) in [7, 11) is 3.19. The highest BCUT2D eigenvalue weighted by molar-refractivity contribution is 5.83. The molecule has 3 heteroatoms. The molecule has 0 spiro atoms. The molecule has 0 N–H and O–H groups in total. The van der Waals surface area contributed by atoms with Crippen LogP contribution in [0.25, 0.3) is 0 Å². The van der Waals surface area contributed by atoms with E-state index in [2.05, 4.69) is 0 Å². The Balaban J connectivity index is 3.12. The Morgan fingerprint density at radius 3 is 2.40 bits per heavy atom. The maximum atomic E-state index is 11.3. The Morgan fingerprint density at radius 1 is 1.27 bits per heavy atom. The van der Waals surface area contributed by atoms with Crippen molar-refractivity contribution in [3.8, 4) is 11.5 Å². The molecule has 0 aliphatic heterocycles. The minimum absolute atomic E-state index is 0.124. The predicted octanol–water partition coefficient (Wildman–Crippen LogP) is 2.40. The van der Waals surface area contributed by atoms with Crippen molar-refractivity contribution in [3.05, 3.63) is 23.8 Å². The zero-order valence-electron chi connectivity index (χ0n) is 9.53. The number of hydrogen-bond acceptors (Lipinski definition) is 3. The minimum atomic E-state index is -0.147. The molecule has 0 aromatic heterocycles. The molecule has 1 atom stereocenters. The van der Waals surface area contributed by atoms with Crippen molar-refractivity contribution < 1.29 is 14.3 Å². The molecule has 0 radical (unpaired) electrons. The van der Waals surface area contributed by atoms with E-state index in [-0.39, 0.29) is 11.7 Å². The average molecular weight is 208 g/mol. The Bertz CT molecular complexity index is 358. The fourth-order valence-electron chi connectivity index (χ4n) is 1.40. The van der Waals surface area contributed by atoms with Gasteiger partial charge in [0.25, 0.3) is 0 Å². The van der Waals surface area contributed by atoms with Crippen LogP contribution < -0.4 is 9.47 Å². The summed E-state index contributed by atoms with van der Waals surface area (Å²) in [5.74, 6) is 1.40. The van der Waals surface area contributed by atoms with Gasteiger partial charge >= 0.3 is 0 Å². The SMILES string of the molecule is COc1ccc(C(C)C(C)=O)c(OC)c1. The molecule has 0 aliphatic rings. The Labute approximate surface area is 90.0 Å². The molecule has 1 unspecified atom stereocenters. The Kier molecular flexibility index (Phi) is 3.72. The first-order chi connectivity index (χ1) is 7.10. The van der Waals surface area contributed by atoms with Gasteiger partial charge in [0.1, 0.15) is 17.3 Å². The zero-order chi connectivity index (χ0) is 11.4. The van der Waals surface area contributed by atoms with Crippen LogP contribution in [0.15, 0.2) is 18.2 Å². The van der Waals surface area contributed by atoms with Gasteiger partial charge in [0.15, 0.2) is 0 Å². The fraction of sp³-hybridized carbons (Fsp3) is 0.417. The normalized spacial score (nSPS) is 12.0. The smallest absolute Gasteiger partial charge is 0.137 e. The molecule has 0 fully saturated rings. The van der Waals surface area contributed by atoms with Crippen molar-refractivity contribution >= 4 is 5.78 Å². The Hall–Kier alpha value is -1.51. The number of carbonyl (C=O) groups is 1. The van der Waals surface area contributed by atoms with Crippen LogP contribution in [0.5, 0.6) is 11.5 Å². The molecular weight excluding hydrogens is 192 g/mol. The number of carbonyl (C=O) groups excluding carboxylic acids is 1. The van der Waals surface area contributed by atoms with Crippen LogP contribution in [-0.4, -0.2) is 20.0 Å². The topological polar surface area (TPSA) is 35.5 Å². The molecular formula is C12H16O3. The summed E-state index contributed by atoms with van der Waals surface area (Å²) < 4.78 is 10.3. The van der Waals surface area contributed by atoms with E-state index in [1.54, 1.807) is 27.2 Å². The maximum absolute atomic E-state index is 11.3. The van der Waals surface area contributed by atoms with E-state index in [9.17, 15) is 4.79 Å². The third kappa shape index (κ3) is 2.49. The first-order valence-electron chi connectivity index (χ1n) is 4.82. The largest absolute Gasteiger partial charge is 0.497 e. The summed E-state index contributed by atoms with van der Waals surface area (Å²) in [6, 6.07) is 5.48. The monoisotopic (exact) mass is 208 g/mol. The van der Waals surface area contributed by atoms with Gasteiger partial charge in [0, 0.05) is 17.5 Å². The van der Waals surface area contributed by atoms with Gasteiger partial charge in [-0.05, 0) is 13.0 Å². The van der Waals surface area contributed by atoms with Gasteiger partial charge in [0.2, 0.25) is 0 Å². The second-order valence-corrected chi connectivity index (χ2v) is 3.44. The highest BCUT2D eigenvalue weighted by Crippen LogP contribution is 2.30. The van der Waals surface area contributed by atoms with Gasteiger partial charge in [-0.25, -0.2) is 0 Å². The number of Topliss-reactive ketones (excluding diaryl/α,β-unsaturated/α-hetero) is 1. The Morgan fingerprint density at radius 2 is 1.93 bits per heavy atom. The fourth-order valence-corrected chi connectivity index (χ4v) is 1.40. The molecule has 0 saturated heterocycles. The summed E-state index contributed by atoms with van der Waals surface area (Å²) in [6.07, 6.45) is 0. The summed E-state index contributed by atoms with van der Waals surface area (Å²) in [6.45, 7) is 3.45. The first kappa shape index (κ1) is 11.6. The predicted molar refractivity (Wildman–Crippen MR) is 58.6 cm³/mol. The van der Waals surface area contributed by atoms with Crippen LogP contribution in [0.2, 0.25) is 0 Å². The molecule has 0 amide bonds. The van der Waals surface area contributed by atoms with Gasteiger partial charge in [-0.1, -0.05) is 13.0 Å². The molecule has 0 aliphatic carbocycles. The van der Waals surface area contributed by atoms with Crippen molar-refractivity contribution in [2.45, 2.75) is 19.8 Å². The van der Waals surface area contributed by atoms with Gasteiger partial charge in [0.05, 0.1) is 14.2 Å². The number of ketones is 1. The summed E-state index contributed by atoms with van der Waals surface area (Å²) >= 11 is 0. The zero-order valence-corrected chi connectivity index (χ0v) is 9.53. The third-order valence-electron chi connectivity index (χ3n) is 2.52. The first-order valence-corrected chi connectivity index (χ1v) is 4.82. The van der Waals surface area contributed by atoms with E-state index in [1.807, 2.05) is 19.1 Å². The van der Waals surface area contributed by atoms with Gasteiger partial charge in [-0.2, -0.15) is 0 Å². The van der Waals surface area contributed by atoms with Crippen molar-refractivity contribution in [2.24, 2.45) is 0 Å². The molecule has 0 saturated carbocycles. The van der Waals surface area contributed by atoms with Gasteiger partial charge in [-0.15, -0.1) is 0 Å². The molecule has 82 valence electrons. The number of benzene rings is 1. The molecule has 1 aromatic carbocycles. The van der Waals surface area contributed by atoms with E-state index >= 15 is 0 Å². The summed E-state index contributed by atoms with van der Waals surface area (Å²) in [5, 5.41) is 0. The standard InChI is InChI=1S/C12H16O3/c1-8(9(2)13)11-6-5-10(14-3)7-12(11)15-4/h5-8H,1-4H3. The van der Waals surface area contributed by atoms with Crippen LogP contribution in [0.4, 0.5) is 0 Å². The number of methoxy groups -OCH3 is 2. The van der Waals surface area contributed by atoms with Crippen molar-refractivity contribution in [1.82, 2.24) is 0 Å². The quantitative estimate of drug-likeness (QED) is 0.762. The van der Waals surface area contributed by atoms with Crippen LogP contribution in [0, 0.1) is 0 Å². The number of ether oxygens (including phenoxy) is 2. The second-order valence-electron chi connectivity index (χ2n) is 3.44. The van der Waals surface area contributed by atoms with E-state index in [1.165, 1.54) is 0 Å². The van der Waals surface area contributed by atoms with Crippen molar-refractivity contribution in [1.29, 1.82) is 0 Å². The van der Waals surface area contributed by atoms with E-state index in [0.717, 1.165) is 11.3 Å². The second kappa shape index (κ2) is 4.82. The molecule has 0 heterocycles. The average Bonchev–Trinajstić information content (AvgIpc) is 2.27. The lowest BCUT2D eigenvalue weighted by molar-refractivity contribution is -0.118. The molecule has 0 bridgehead atoms. The van der Waals surface area contributed by atoms with E-state index in [4.69, 9.17) is 9.47 Å². The van der Waals surface area contributed by atoms with Crippen LogP contribution >= 0.6 is 0 Å². The van der Waals surface area contributed by atoms with Crippen LogP contribution in [0.1, 0.15) is 25.3 Å². The molecule has 1 rings (SSSR count). The summed E-state index contributed by atoms with van der Waals surface area (Å²) in [5.41, 5.74) is 0.894. The lowest BCUT2D eigenvalue weighted by Gasteiger charge is -2.14. The lowest BCUT2D eigenvalue weighted by Crippen LogP contribution is -2.06. The van der Waals surface area contributed by atoms with Gasteiger partial charge < -0.3 is 9.47 Å². The minimum Gasteiger partial charge on any atom is -0.497 e. The third-order valence-corrected chi connectivity index (χ3v) is 2.52. The van der Waals surface area contributed by atoms with Crippen LogP contribution in [0.3, 0.4) is 0 Å². The van der Waals surface area contributed by atoms with E-state index in [0.29, 0.717) is 5.75 Å². The lowest BCUT2D eigenvalue weighted by atomic mass is 9.96. The number of hydrogen-bond donors (Lipinski definition) is 0. The van der Waals surface area contributed by atoms with Crippen LogP contribution in [-0.2, 0) is 4.79 Å².